The van der Waals surface area contributed by atoms with Crippen LogP contribution < -0.4 is 11.1 Å². The first-order chi connectivity index (χ1) is 9.79. The van der Waals surface area contributed by atoms with Crippen LogP contribution in [-0.4, -0.2) is 31.1 Å². The van der Waals surface area contributed by atoms with Gasteiger partial charge < -0.3 is 16.0 Å². The van der Waals surface area contributed by atoms with Crippen LogP contribution in [0.1, 0.15) is 31.2 Å². The molecule has 1 heterocycles. The normalized spacial score (nSPS) is 16.4. The van der Waals surface area contributed by atoms with Crippen LogP contribution in [0, 0.1) is 11.3 Å². The van der Waals surface area contributed by atoms with E-state index in [0.717, 1.165) is 24.3 Å². The number of nitrogens with two attached hydrogens (primary N) is 1. The van der Waals surface area contributed by atoms with Crippen LogP contribution in [0.2, 0.25) is 0 Å². The molecule has 0 radical (unpaired) electrons. The fourth-order valence-corrected chi connectivity index (χ4v) is 2.67. The van der Waals surface area contributed by atoms with Gasteiger partial charge in [0, 0.05) is 24.5 Å². The third kappa shape index (κ3) is 4.43. The molecule has 1 aliphatic heterocycles. The maximum atomic E-state index is 8.78. The van der Waals surface area contributed by atoms with Crippen molar-refractivity contribution >= 4 is 11.4 Å². The molecule has 0 atom stereocenters. The Hall–Kier alpha value is -1.73. The van der Waals surface area contributed by atoms with Gasteiger partial charge in [-0.1, -0.05) is 12.8 Å². The zero-order chi connectivity index (χ0) is 14.2. The van der Waals surface area contributed by atoms with E-state index in [1.807, 2.05) is 18.2 Å². The van der Waals surface area contributed by atoms with E-state index in [-0.39, 0.29) is 0 Å². The molecule has 0 amide bonds. The fraction of sp³-hybridized carbons (Fsp3) is 0.562. The molecule has 108 valence electrons. The summed E-state index contributed by atoms with van der Waals surface area (Å²) in [5.41, 5.74) is 8.51. The molecule has 1 aliphatic rings. The highest BCUT2D eigenvalue weighted by atomic mass is 15.1. The summed E-state index contributed by atoms with van der Waals surface area (Å²) in [5.74, 6) is 0. The summed E-state index contributed by atoms with van der Waals surface area (Å²) >= 11 is 0. The van der Waals surface area contributed by atoms with Crippen molar-refractivity contribution in [3.05, 3.63) is 23.8 Å². The third-order valence-corrected chi connectivity index (χ3v) is 3.87. The van der Waals surface area contributed by atoms with Crippen LogP contribution in [0.5, 0.6) is 0 Å². The van der Waals surface area contributed by atoms with Crippen molar-refractivity contribution < 1.29 is 0 Å². The van der Waals surface area contributed by atoms with Crippen LogP contribution in [-0.2, 0) is 6.42 Å². The average molecular weight is 272 g/mol. The molecule has 4 nitrogen and oxygen atoms in total. The Kier molecular flexibility index (Phi) is 5.69. The average Bonchev–Trinajstić information content (AvgIpc) is 2.71. The van der Waals surface area contributed by atoms with E-state index in [9.17, 15) is 0 Å². The highest BCUT2D eigenvalue weighted by molar-refractivity contribution is 5.58. The highest BCUT2D eigenvalue weighted by Gasteiger charge is 2.08. The largest absolute Gasteiger partial charge is 0.398 e. The molecule has 1 fully saturated rings. The van der Waals surface area contributed by atoms with Crippen molar-refractivity contribution in [1.29, 1.82) is 5.26 Å². The summed E-state index contributed by atoms with van der Waals surface area (Å²) in [6.07, 6.45) is 5.77. The molecular weight excluding hydrogens is 248 g/mol. The van der Waals surface area contributed by atoms with Crippen molar-refractivity contribution in [2.75, 3.05) is 37.2 Å². The van der Waals surface area contributed by atoms with Crippen LogP contribution in [0.15, 0.2) is 18.2 Å². The van der Waals surface area contributed by atoms with Gasteiger partial charge in [0.15, 0.2) is 0 Å². The Morgan fingerprint density at radius 2 is 1.95 bits per heavy atom. The van der Waals surface area contributed by atoms with Gasteiger partial charge in [-0.3, -0.25) is 0 Å². The molecule has 3 N–H and O–H groups in total. The predicted octanol–water partition coefficient (Wildman–Crippen LogP) is 2.62. The Labute approximate surface area is 121 Å². The molecule has 0 aliphatic carbocycles. The Balaban J connectivity index is 1.81. The summed E-state index contributed by atoms with van der Waals surface area (Å²) in [7, 11) is 0. The molecule has 0 spiro atoms. The molecule has 0 aromatic heterocycles. The first-order valence-electron chi connectivity index (χ1n) is 7.51. The van der Waals surface area contributed by atoms with Gasteiger partial charge in [-0.25, -0.2) is 0 Å². The van der Waals surface area contributed by atoms with E-state index in [1.54, 1.807) is 0 Å². The Morgan fingerprint density at radius 1 is 1.20 bits per heavy atom. The summed E-state index contributed by atoms with van der Waals surface area (Å²) in [6, 6.07) is 8.00. The minimum atomic E-state index is 0.369. The number of nitrogens with zero attached hydrogens (tertiary/aromatic N) is 2. The number of anilines is 2. The van der Waals surface area contributed by atoms with Crippen LogP contribution >= 0.6 is 0 Å². The maximum Gasteiger partial charge on any atom is 0.0670 e. The van der Waals surface area contributed by atoms with Crippen molar-refractivity contribution in [2.24, 2.45) is 0 Å². The van der Waals surface area contributed by atoms with Gasteiger partial charge >= 0.3 is 0 Å². The molecule has 1 saturated heterocycles. The number of nitriles is 1. The Bertz CT molecular complexity index is 456. The molecule has 1 aromatic carbocycles. The molecule has 0 saturated carbocycles. The van der Waals surface area contributed by atoms with Gasteiger partial charge in [-0.05, 0) is 49.7 Å². The SMILES string of the molecule is N#CCc1cc(NCCN2CCCCCC2)ccc1N. The van der Waals surface area contributed by atoms with E-state index < -0.39 is 0 Å². The van der Waals surface area contributed by atoms with Crippen molar-refractivity contribution in [3.8, 4) is 6.07 Å². The lowest BCUT2D eigenvalue weighted by Crippen LogP contribution is -2.29. The molecule has 20 heavy (non-hydrogen) atoms. The number of hydrogen-bond acceptors (Lipinski definition) is 4. The second-order valence-corrected chi connectivity index (χ2v) is 5.43. The topological polar surface area (TPSA) is 65.1 Å². The number of nitrogens with one attached hydrogen (secondary N) is 1. The second-order valence-electron chi connectivity index (χ2n) is 5.43. The van der Waals surface area contributed by atoms with Crippen LogP contribution in [0.3, 0.4) is 0 Å². The van der Waals surface area contributed by atoms with Crippen molar-refractivity contribution in [2.45, 2.75) is 32.1 Å². The standard InChI is InChI=1S/C16H24N4/c17-8-7-14-13-15(5-6-16(14)18)19-9-12-20-10-3-1-2-4-11-20/h5-6,13,19H,1-4,7,9-12,18H2. The highest BCUT2D eigenvalue weighted by Crippen LogP contribution is 2.18. The smallest absolute Gasteiger partial charge is 0.0670 e. The monoisotopic (exact) mass is 272 g/mol. The van der Waals surface area contributed by atoms with Gasteiger partial charge in [0.1, 0.15) is 0 Å². The summed E-state index contributed by atoms with van der Waals surface area (Å²) in [5, 5.41) is 12.2. The summed E-state index contributed by atoms with van der Waals surface area (Å²) in [6.45, 7) is 4.47. The zero-order valence-electron chi connectivity index (χ0n) is 12.1. The van der Waals surface area contributed by atoms with Gasteiger partial charge in [0.05, 0.1) is 12.5 Å². The van der Waals surface area contributed by atoms with Crippen molar-refractivity contribution in [3.63, 3.8) is 0 Å². The number of nitrogen functional groups attached to an aromatic ring is 1. The van der Waals surface area contributed by atoms with Gasteiger partial charge in [0.25, 0.3) is 0 Å². The minimum absolute atomic E-state index is 0.369. The van der Waals surface area contributed by atoms with Gasteiger partial charge in [-0.15, -0.1) is 0 Å². The van der Waals surface area contributed by atoms with E-state index in [0.29, 0.717) is 12.1 Å². The minimum Gasteiger partial charge on any atom is -0.398 e. The first kappa shape index (κ1) is 14.7. The molecule has 0 unspecified atom stereocenters. The molecule has 1 aromatic rings. The van der Waals surface area contributed by atoms with Gasteiger partial charge in [0.2, 0.25) is 0 Å². The Morgan fingerprint density at radius 3 is 2.65 bits per heavy atom. The van der Waals surface area contributed by atoms with E-state index in [2.05, 4.69) is 16.3 Å². The lowest BCUT2D eigenvalue weighted by molar-refractivity contribution is 0.296. The number of hydrogen-bond donors (Lipinski definition) is 2. The summed E-state index contributed by atoms with van der Waals surface area (Å²) in [4.78, 5) is 2.54. The lowest BCUT2D eigenvalue weighted by Gasteiger charge is -2.20. The fourth-order valence-electron chi connectivity index (χ4n) is 2.67. The second kappa shape index (κ2) is 7.76. The maximum absolute atomic E-state index is 8.78. The molecule has 2 rings (SSSR count). The van der Waals surface area contributed by atoms with Gasteiger partial charge in [-0.2, -0.15) is 5.26 Å². The van der Waals surface area contributed by atoms with E-state index >= 15 is 0 Å². The van der Waals surface area contributed by atoms with Crippen LogP contribution in [0.25, 0.3) is 0 Å². The number of likely N-dealkylation sites (tertiary alicyclic amines) is 1. The lowest BCUT2D eigenvalue weighted by atomic mass is 10.1. The summed E-state index contributed by atoms with van der Waals surface area (Å²) < 4.78 is 0. The quantitative estimate of drug-likeness (QED) is 0.809. The molecule has 4 heteroatoms. The van der Waals surface area contributed by atoms with E-state index in [1.165, 1.54) is 38.8 Å². The number of rotatable bonds is 5. The van der Waals surface area contributed by atoms with Crippen molar-refractivity contribution in [1.82, 2.24) is 4.90 Å². The number of benzene rings is 1. The molecular formula is C16H24N4. The van der Waals surface area contributed by atoms with E-state index in [4.69, 9.17) is 11.0 Å². The molecule has 0 bridgehead atoms. The van der Waals surface area contributed by atoms with Crippen LogP contribution in [0.4, 0.5) is 11.4 Å². The first-order valence-corrected chi connectivity index (χ1v) is 7.51. The predicted molar refractivity (Wildman–Crippen MR) is 83.6 cm³/mol. The zero-order valence-corrected chi connectivity index (χ0v) is 12.1. The third-order valence-electron chi connectivity index (χ3n) is 3.87.